The van der Waals surface area contributed by atoms with Crippen molar-refractivity contribution in [3.05, 3.63) is 84.4 Å². The van der Waals surface area contributed by atoms with Crippen molar-refractivity contribution >= 4 is 44.0 Å². The van der Waals surface area contributed by atoms with Gasteiger partial charge in [0.15, 0.2) is 0 Å². The zero-order valence-corrected chi connectivity index (χ0v) is 12.8. The van der Waals surface area contributed by atoms with Crippen LogP contribution in [0, 0.1) is 0 Å². The first-order valence-corrected chi connectivity index (χ1v) is 8.03. The van der Waals surface area contributed by atoms with Gasteiger partial charge in [-0.25, -0.2) is 0 Å². The Kier molecular flexibility index (Phi) is 2.51. The quantitative estimate of drug-likeness (QED) is 0.321. The van der Waals surface area contributed by atoms with E-state index in [1.54, 1.807) is 0 Å². The van der Waals surface area contributed by atoms with Crippen LogP contribution in [0.15, 0.2) is 73.3 Å². The van der Waals surface area contributed by atoms with Crippen LogP contribution in [0.3, 0.4) is 0 Å². The molecule has 0 bridgehead atoms. The third-order valence-electron chi connectivity index (χ3n) is 4.87. The SMILES string of the molecule is C=C1CC=Cc2cc3cc4cc5ccccc5cc4cc3cc21. The molecule has 0 fully saturated rings. The second kappa shape index (κ2) is 4.57. The molecule has 4 aromatic rings. The van der Waals surface area contributed by atoms with Crippen LogP contribution in [0.25, 0.3) is 44.0 Å². The first-order valence-electron chi connectivity index (χ1n) is 8.03. The minimum Gasteiger partial charge on any atom is -0.0949 e. The van der Waals surface area contributed by atoms with E-state index in [0.717, 1.165) is 6.42 Å². The Hall–Kier alpha value is -2.86. The summed E-state index contributed by atoms with van der Waals surface area (Å²) in [6, 6.07) is 22.3. The Labute approximate surface area is 135 Å². The Morgan fingerprint density at radius 3 is 1.91 bits per heavy atom. The second-order valence-electron chi connectivity index (χ2n) is 6.40. The van der Waals surface area contributed by atoms with Gasteiger partial charge in [0.1, 0.15) is 0 Å². The predicted octanol–water partition coefficient (Wildman–Crippen LogP) is 6.58. The van der Waals surface area contributed by atoms with E-state index >= 15 is 0 Å². The lowest BCUT2D eigenvalue weighted by atomic mass is 9.89. The maximum absolute atomic E-state index is 4.21. The van der Waals surface area contributed by atoms with Crippen molar-refractivity contribution in [1.82, 2.24) is 0 Å². The molecule has 0 aromatic heterocycles. The molecule has 23 heavy (non-hydrogen) atoms. The van der Waals surface area contributed by atoms with Gasteiger partial charge in [0, 0.05) is 0 Å². The summed E-state index contributed by atoms with van der Waals surface area (Å²) in [5.41, 5.74) is 3.79. The highest BCUT2D eigenvalue weighted by atomic mass is 14.1. The van der Waals surface area contributed by atoms with Gasteiger partial charge in [0.25, 0.3) is 0 Å². The third-order valence-corrected chi connectivity index (χ3v) is 4.87. The minimum atomic E-state index is 0.955. The van der Waals surface area contributed by atoms with E-state index in [4.69, 9.17) is 0 Å². The van der Waals surface area contributed by atoms with Crippen molar-refractivity contribution in [3.63, 3.8) is 0 Å². The lowest BCUT2D eigenvalue weighted by Gasteiger charge is -2.15. The number of allylic oxidation sites excluding steroid dienone is 2. The largest absolute Gasteiger partial charge is 0.0949 e. The van der Waals surface area contributed by atoms with E-state index in [-0.39, 0.29) is 0 Å². The van der Waals surface area contributed by atoms with Gasteiger partial charge >= 0.3 is 0 Å². The van der Waals surface area contributed by atoms with E-state index in [2.05, 4.69) is 79.4 Å². The summed E-state index contributed by atoms with van der Waals surface area (Å²) in [6.07, 6.45) is 5.37. The van der Waals surface area contributed by atoms with Crippen LogP contribution >= 0.6 is 0 Å². The van der Waals surface area contributed by atoms with Gasteiger partial charge in [-0.15, -0.1) is 0 Å². The smallest absolute Gasteiger partial charge is 0.00938 e. The topological polar surface area (TPSA) is 0 Å². The standard InChI is InChI=1S/C23H16/c1-15-5-4-8-18-11-21-12-19-9-16-6-2-3-7-17(16)10-20(19)13-22(21)14-23(15)18/h2-4,6-14H,1,5H2. The van der Waals surface area contributed by atoms with Gasteiger partial charge in [-0.2, -0.15) is 0 Å². The molecule has 0 saturated heterocycles. The van der Waals surface area contributed by atoms with Crippen molar-refractivity contribution in [2.45, 2.75) is 6.42 Å². The Morgan fingerprint density at radius 2 is 1.22 bits per heavy atom. The normalized spacial score (nSPS) is 13.8. The van der Waals surface area contributed by atoms with Crippen molar-refractivity contribution in [3.8, 4) is 0 Å². The molecule has 0 atom stereocenters. The van der Waals surface area contributed by atoms with Gasteiger partial charge in [-0.3, -0.25) is 0 Å². The summed E-state index contributed by atoms with van der Waals surface area (Å²) in [7, 11) is 0. The zero-order chi connectivity index (χ0) is 15.4. The van der Waals surface area contributed by atoms with E-state index in [1.807, 2.05) is 0 Å². The first-order chi connectivity index (χ1) is 11.3. The van der Waals surface area contributed by atoms with Crippen LogP contribution in [-0.4, -0.2) is 0 Å². The second-order valence-corrected chi connectivity index (χ2v) is 6.40. The summed E-state index contributed by atoms with van der Waals surface area (Å²) in [5, 5.41) is 7.78. The molecule has 1 aliphatic carbocycles. The molecule has 5 rings (SSSR count). The minimum absolute atomic E-state index is 0.955. The molecular formula is C23H16. The van der Waals surface area contributed by atoms with Gasteiger partial charge in [0.2, 0.25) is 0 Å². The molecule has 4 aromatic carbocycles. The van der Waals surface area contributed by atoms with Gasteiger partial charge < -0.3 is 0 Å². The van der Waals surface area contributed by atoms with Gasteiger partial charge in [0.05, 0.1) is 0 Å². The fourth-order valence-corrected chi connectivity index (χ4v) is 3.64. The average Bonchev–Trinajstić information content (AvgIpc) is 2.57. The van der Waals surface area contributed by atoms with E-state index in [0.29, 0.717) is 0 Å². The van der Waals surface area contributed by atoms with Crippen LogP contribution in [0.2, 0.25) is 0 Å². The molecule has 0 spiro atoms. The highest BCUT2D eigenvalue weighted by molar-refractivity contribution is 6.06. The van der Waals surface area contributed by atoms with Crippen LogP contribution in [0.5, 0.6) is 0 Å². The highest BCUT2D eigenvalue weighted by Crippen LogP contribution is 2.34. The molecule has 0 amide bonds. The maximum atomic E-state index is 4.21. The van der Waals surface area contributed by atoms with E-state index in [9.17, 15) is 0 Å². The average molecular weight is 292 g/mol. The molecule has 108 valence electrons. The van der Waals surface area contributed by atoms with Crippen molar-refractivity contribution in [2.24, 2.45) is 0 Å². The van der Waals surface area contributed by atoms with E-state index in [1.165, 1.54) is 49.0 Å². The molecule has 0 nitrogen and oxygen atoms in total. The predicted molar refractivity (Wildman–Crippen MR) is 102 cm³/mol. The number of benzene rings is 4. The molecule has 0 radical (unpaired) electrons. The molecule has 0 unspecified atom stereocenters. The van der Waals surface area contributed by atoms with Crippen LogP contribution < -0.4 is 0 Å². The summed E-state index contributed by atoms with van der Waals surface area (Å²) in [4.78, 5) is 0. The van der Waals surface area contributed by atoms with Gasteiger partial charge in [-0.05, 0) is 91.8 Å². The van der Waals surface area contributed by atoms with Crippen molar-refractivity contribution in [1.29, 1.82) is 0 Å². The first kappa shape index (κ1) is 12.7. The zero-order valence-electron chi connectivity index (χ0n) is 12.8. The molecule has 0 heterocycles. The summed E-state index contributed by atoms with van der Waals surface area (Å²) >= 11 is 0. The number of fused-ring (bicyclic) bond motifs is 4. The van der Waals surface area contributed by atoms with Crippen molar-refractivity contribution in [2.75, 3.05) is 0 Å². The molecular weight excluding hydrogens is 276 g/mol. The van der Waals surface area contributed by atoms with Crippen LogP contribution in [0.4, 0.5) is 0 Å². The Bertz CT molecular complexity index is 1140. The summed E-state index contributed by atoms with van der Waals surface area (Å²) in [5.74, 6) is 0. The fraction of sp³-hybridized carbons (Fsp3) is 0.0435. The monoisotopic (exact) mass is 292 g/mol. The van der Waals surface area contributed by atoms with Crippen LogP contribution in [0.1, 0.15) is 17.5 Å². The third kappa shape index (κ3) is 1.92. The molecule has 0 heteroatoms. The van der Waals surface area contributed by atoms with Gasteiger partial charge in [-0.1, -0.05) is 43.0 Å². The summed E-state index contributed by atoms with van der Waals surface area (Å²) in [6.45, 7) is 4.21. The number of hydrogen-bond donors (Lipinski definition) is 0. The Morgan fingerprint density at radius 1 is 0.652 bits per heavy atom. The maximum Gasteiger partial charge on any atom is -0.00938 e. The molecule has 0 saturated carbocycles. The summed E-state index contributed by atoms with van der Waals surface area (Å²) < 4.78 is 0. The fourth-order valence-electron chi connectivity index (χ4n) is 3.64. The molecule has 0 aliphatic heterocycles. The number of hydrogen-bond acceptors (Lipinski definition) is 0. The Balaban J connectivity index is 1.87. The lowest BCUT2D eigenvalue weighted by Crippen LogP contribution is -1.92. The van der Waals surface area contributed by atoms with E-state index < -0.39 is 0 Å². The lowest BCUT2D eigenvalue weighted by molar-refractivity contribution is 1.38. The molecule has 1 aliphatic rings. The molecule has 0 N–H and O–H groups in total. The van der Waals surface area contributed by atoms with Crippen LogP contribution in [-0.2, 0) is 0 Å². The highest BCUT2D eigenvalue weighted by Gasteiger charge is 2.10. The number of rotatable bonds is 0. The van der Waals surface area contributed by atoms with Crippen molar-refractivity contribution < 1.29 is 0 Å².